The van der Waals surface area contributed by atoms with Gasteiger partial charge in [-0.2, -0.15) is 0 Å². The van der Waals surface area contributed by atoms with Crippen LogP contribution in [0.25, 0.3) is 0 Å². The van der Waals surface area contributed by atoms with E-state index in [1.807, 2.05) is 32.9 Å². The van der Waals surface area contributed by atoms with Crippen LogP contribution in [0.2, 0.25) is 0 Å². The first-order valence-electron chi connectivity index (χ1n) is 9.20. The third-order valence-corrected chi connectivity index (χ3v) is 5.96. The van der Waals surface area contributed by atoms with E-state index in [-0.39, 0.29) is 23.8 Å². The summed E-state index contributed by atoms with van der Waals surface area (Å²) in [5, 5.41) is 8.98. The molecule has 2 aromatic rings. The van der Waals surface area contributed by atoms with Crippen LogP contribution in [0.15, 0.2) is 42.5 Å². The van der Waals surface area contributed by atoms with E-state index in [4.69, 9.17) is 9.84 Å². The Kier molecular flexibility index (Phi) is 7.07. The topological polar surface area (TPSA) is 83.9 Å². The normalized spacial score (nSPS) is 11.5. The van der Waals surface area contributed by atoms with E-state index in [1.54, 1.807) is 25.1 Å². The minimum Gasteiger partial charge on any atom is -0.487 e. The maximum Gasteiger partial charge on any atom is 0.335 e. The quantitative estimate of drug-likeness (QED) is 0.679. The van der Waals surface area contributed by atoms with Crippen molar-refractivity contribution in [3.63, 3.8) is 0 Å². The molecule has 1 N–H and O–H groups in total. The van der Waals surface area contributed by atoms with Gasteiger partial charge in [-0.05, 0) is 55.2 Å². The highest BCUT2D eigenvalue weighted by atomic mass is 32.2. The molecule has 0 saturated carbocycles. The Hall–Kier alpha value is -2.54. The average Bonchev–Trinajstić information content (AvgIpc) is 2.65. The lowest BCUT2D eigenvalue weighted by Crippen LogP contribution is -2.35. The number of hydrogen-bond acceptors (Lipinski definition) is 4. The maximum absolute atomic E-state index is 12.7. The molecule has 0 aliphatic rings. The molecule has 7 heteroatoms. The summed E-state index contributed by atoms with van der Waals surface area (Å²) in [5.74, 6) is -0.352. The fourth-order valence-electron chi connectivity index (χ4n) is 2.70. The third-order valence-electron chi connectivity index (χ3n) is 4.21. The second kappa shape index (κ2) is 9.10. The summed E-state index contributed by atoms with van der Waals surface area (Å²) in [4.78, 5) is 11.0. The van der Waals surface area contributed by atoms with Gasteiger partial charge >= 0.3 is 5.97 Å². The number of carbonyl (C=O) groups is 1. The second-order valence-electron chi connectivity index (χ2n) is 7.09. The molecule has 0 amide bonds. The van der Waals surface area contributed by atoms with E-state index < -0.39 is 16.0 Å². The number of carboxylic acid groups (broad SMARTS) is 1. The predicted molar refractivity (Wildman–Crippen MR) is 111 cm³/mol. The maximum atomic E-state index is 12.7. The summed E-state index contributed by atoms with van der Waals surface area (Å²) in [7, 11) is -3.46. The van der Waals surface area contributed by atoms with Gasteiger partial charge < -0.3 is 9.84 Å². The molecule has 0 aliphatic heterocycles. The van der Waals surface area contributed by atoms with E-state index in [2.05, 4.69) is 0 Å². The van der Waals surface area contributed by atoms with Gasteiger partial charge in [-0.3, -0.25) is 4.31 Å². The Labute approximate surface area is 166 Å². The van der Waals surface area contributed by atoms with Gasteiger partial charge in [0.1, 0.15) is 12.4 Å². The summed E-state index contributed by atoms with van der Waals surface area (Å²) >= 11 is 0. The van der Waals surface area contributed by atoms with E-state index >= 15 is 0 Å². The molecule has 0 radical (unpaired) electrons. The molecule has 2 aromatic carbocycles. The lowest BCUT2D eigenvalue weighted by molar-refractivity contribution is 0.0697. The monoisotopic (exact) mass is 405 g/mol. The molecule has 0 atom stereocenters. The van der Waals surface area contributed by atoms with E-state index in [0.29, 0.717) is 18.0 Å². The van der Waals surface area contributed by atoms with Crippen molar-refractivity contribution in [2.75, 3.05) is 16.6 Å². The molecule has 0 fully saturated rings. The van der Waals surface area contributed by atoms with Crippen LogP contribution in [0, 0.1) is 12.8 Å². The summed E-state index contributed by atoms with van der Waals surface area (Å²) < 4.78 is 32.7. The van der Waals surface area contributed by atoms with Crippen LogP contribution in [-0.2, 0) is 16.6 Å². The van der Waals surface area contributed by atoms with Gasteiger partial charge in [-0.15, -0.1) is 0 Å². The second-order valence-corrected chi connectivity index (χ2v) is 9.27. The molecule has 28 heavy (non-hydrogen) atoms. The molecule has 6 nitrogen and oxygen atoms in total. The van der Waals surface area contributed by atoms with Gasteiger partial charge in [0.05, 0.1) is 17.0 Å². The first-order chi connectivity index (χ1) is 13.1. The zero-order valence-electron chi connectivity index (χ0n) is 16.7. The standard InChI is InChI=1S/C21H27NO5S/c1-5-28(25,26)22(13-15(2)3)19-12-16(4)6-11-20(19)27-14-17-7-9-18(10-8-17)21(23)24/h6-12,15H,5,13-14H2,1-4H3,(H,23,24). The van der Waals surface area contributed by atoms with Crippen molar-refractivity contribution in [3.8, 4) is 5.75 Å². The highest BCUT2D eigenvalue weighted by Gasteiger charge is 2.25. The Bertz CT molecular complexity index is 920. The minimum atomic E-state index is -3.46. The molecule has 0 saturated heterocycles. The average molecular weight is 406 g/mol. The highest BCUT2D eigenvalue weighted by Crippen LogP contribution is 2.33. The molecule has 152 valence electrons. The van der Waals surface area contributed by atoms with E-state index in [1.165, 1.54) is 16.4 Å². The van der Waals surface area contributed by atoms with Crippen LogP contribution in [0.3, 0.4) is 0 Å². The summed E-state index contributed by atoms with van der Waals surface area (Å²) in [6.07, 6.45) is 0. The van der Waals surface area contributed by atoms with Crippen LogP contribution in [0.4, 0.5) is 5.69 Å². The molecule has 0 aliphatic carbocycles. The zero-order chi connectivity index (χ0) is 20.9. The summed E-state index contributed by atoms with van der Waals surface area (Å²) in [5.41, 5.74) is 2.47. The molecular formula is C21H27NO5S. The van der Waals surface area contributed by atoms with Crippen molar-refractivity contribution >= 4 is 21.7 Å². The van der Waals surface area contributed by atoms with Crippen molar-refractivity contribution in [2.24, 2.45) is 5.92 Å². The van der Waals surface area contributed by atoms with Crippen molar-refractivity contribution in [2.45, 2.75) is 34.3 Å². The Morgan fingerprint density at radius 2 is 1.79 bits per heavy atom. The van der Waals surface area contributed by atoms with E-state index in [0.717, 1.165) is 11.1 Å². The number of aryl methyl sites for hydroxylation is 1. The fourth-order valence-corrected chi connectivity index (χ4v) is 3.98. The minimum absolute atomic E-state index is 0.00372. The zero-order valence-corrected chi connectivity index (χ0v) is 17.5. The first-order valence-corrected chi connectivity index (χ1v) is 10.8. The number of anilines is 1. The van der Waals surface area contributed by atoms with Crippen LogP contribution in [0.5, 0.6) is 5.75 Å². The number of benzene rings is 2. The van der Waals surface area contributed by atoms with E-state index in [9.17, 15) is 13.2 Å². The largest absolute Gasteiger partial charge is 0.487 e. The molecule has 0 heterocycles. The summed E-state index contributed by atoms with van der Waals surface area (Å²) in [6, 6.07) is 11.9. The molecule has 2 rings (SSSR count). The number of sulfonamides is 1. The van der Waals surface area contributed by atoms with Gasteiger partial charge in [0.2, 0.25) is 10.0 Å². The number of hydrogen-bond donors (Lipinski definition) is 1. The van der Waals surface area contributed by atoms with Crippen molar-refractivity contribution in [1.29, 1.82) is 0 Å². The van der Waals surface area contributed by atoms with Crippen LogP contribution < -0.4 is 9.04 Å². The first kappa shape index (κ1) is 21.8. The SMILES string of the molecule is CCS(=O)(=O)N(CC(C)C)c1cc(C)ccc1OCc1ccc(C(=O)O)cc1. The highest BCUT2D eigenvalue weighted by molar-refractivity contribution is 7.92. The predicted octanol–water partition coefficient (Wildman–Crippen LogP) is 4.08. The number of aromatic carboxylic acids is 1. The van der Waals surface area contributed by atoms with Crippen molar-refractivity contribution < 1.29 is 23.1 Å². The lowest BCUT2D eigenvalue weighted by atomic mass is 10.1. The Morgan fingerprint density at radius 1 is 1.14 bits per heavy atom. The van der Waals surface area contributed by atoms with Gasteiger partial charge in [0.15, 0.2) is 0 Å². The molecule has 0 aromatic heterocycles. The number of ether oxygens (including phenoxy) is 1. The van der Waals surface area contributed by atoms with Crippen LogP contribution in [0.1, 0.15) is 42.3 Å². The number of carboxylic acids is 1. The van der Waals surface area contributed by atoms with Crippen LogP contribution in [-0.4, -0.2) is 31.8 Å². The Morgan fingerprint density at radius 3 is 2.32 bits per heavy atom. The van der Waals surface area contributed by atoms with Crippen molar-refractivity contribution in [1.82, 2.24) is 0 Å². The van der Waals surface area contributed by atoms with Gasteiger partial charge in [0.25, 0.3) is 0 Å². The summed E-state index contributed by atoms with van der Waals surface area (Å²) in [6.45, 7) is 8.05. The number of rotatable bonds is 9. The fraction of sp³-hybridized carbons (Fsp3) is 0.381. The van der Waals surface area contributed by atoms with Gasteiger partial charge in [-0.25, -0.2) is 13.2 Å². The number of nitrogens with zero attached hydrogens (tertiary/aromatic N) is 1. The van der Waals surface area contributed by atoms with Gasteiger partial charge in [0, 0.05) is 6.54 Å². The lowest BCUT2D eigenvalue weighted by Gasteiger charge is -2.28. The van der Waals surface area contributed by atoms with Crippen LogP contribution >= 0.6 is 0 Å². The smallest absolute Gasteiger partial charge is 0.335 e. The van der Waals surface area contributed by atoms with Crippen molar-refractivity contribution in [3.05, 3.63) is 59.2 Å². The Balaban J connectivity index is 2.33. The molecule has 0 bridgehead atoms. The third kappa shape index (κ3) is 5.48. The molecular weight excluding hydrogens is 378 g/mol. The van der Waals surface area contributed by atoms with Gasteiger partial charge in [-0.1, -0.05) is 32.0 Å². The molecule has 0 unspecified atom stereocenters. The molecule has 0 spiro atoms.